The van der Waals surface area contributed by atoms with Crippen molar-refractivity contribution in [2.24, 2.45) is 5.92 Å². The van der Waals surface area contributed by atoms with E-state index in [0.717, 1.165) is 16.9 Å². The number of halogens is 1. The lowest BCUT2D eigenvalue weighted by Gasteiger charge is -2.30. The van der Waals surface area contributed by atoms with Crippen molar-refractivity contribution in [3.63, 3.8) is 0 Å². The van der Waals surface area contributed by atoms with Gasteiger partial charge in [0.25, 0.3) is 0 Å². The molecule has 1 fully saturated rings. The van der Waals surface area contributed by atoms with E-state index in [4.69, 9.17) is 16.3 Å². The average molecular weight is 484 g/mol. The molecule has 3 amide bonds. The van der Waals surface area contributed by atoms with E-state index in [9.17, 15) is 14.4 Å². The van der Waals surface area contributed by atoms with Gasteiger partial charge in [0, 0.05) is 36.5 Å². The molecule has 8 heteroatoms. The van der Waals surface area contributed by atoms with Gasteiger partial charge in [-0.1, -0.05) is 41.9 Å². The fourth-order valence-corrected chi connectivity index (χ4v) is 3.91. The molecule has 0 saturated carbocycles. The van der Waals surface area contributed by atoms with E-state index in [1.54, 1.807) is 29.2 Å². The minimum Gasteiger partial charge on any atom is -0.493 e. The summed E-state index contributed by atoms with van der Waals surface area (Å²) in [6.45, 7) is 3.30. The number of carbonyl (C=O) groups is 3. The summed E-state index contributed by atoms with van der Waals surface area (Å²) >= 11 is 5.93. The summed E-state index contributed by atoms with van der Waals surface area (Å²) in [6.07, 6.45) is 5.21. The first-order valence-corrected chi connectivity index (χ1v) is 11.8. The van der Waals surface area contributed by atoms with Gasteiger partial charge in [-0.2, -0.15) is 0 Å². The smallest absolute Gasteiger partial charge is 0.246 e. The summed E-state index contributed by atoms with van der Waals surface area (Å²) in [7, 11) is 0. The minimum absolute atomic E-state index is 0.0629. The third kappa shape index (κ3) is 7.92. The quantitative estimate of drug-likeness (QED) is 0.338. The Morgan fingerprint density at radius 1 is 1.09 bits per heavy atom. The number of hydrogen-bond acceptors (Lipinski definition) is 4. The molecular weight excluding hydrogens is 454 g/mol. The second-order valence-corrected chi connectivity index (χ2v) is 8.68. The van der Waals surface area contributed by atoms with Crippen LogP contribution in [0.15, 0.2) is 54.6 Å². The number of benzene rings is 2. The highest BCUT2D eigenvalue weighted by Crippen LogP contribution is 2.22. The van der Waals surface area contributed by atoms with Gasteiger partial charge in [-0.15, -0.1) is 0 Å². The topological polar surface area (TPSA) is 87.7 Å². The van der Waals surface area contributed by atoms with Gasteiger partial charge in [-0.05, 0) is 61.6 Å². The van der Waals surface area contributed by atoms with Crippen LogP contribution in [-0.2, 0) is 14.4 Å². The summed E-state index contributed by atoms with van der Waals surface area (Å²) in [4.78, 5) is 38.5. The van der Waals surface area contributed by atoms with Crippen molar-refractivity contribution in [1.29, 1.82) is 0 Å². The summed E-state index contributed by atoms with van der Waals surface area (Å²) in [5, 5.41) is 0.650. The first-order valence-electron chi connectivity index (χ1n) is 11.4. The van der Waals surface area contributed by atoms with Gasteiger partial charge in [0.1, 0.15) is 5.75 Å². The third-order valence-corrected chi connectivity index (χ3v) is 5.90. The standard InChI is InChI=1S/C26H30ClN3O4/c1-19-18-22(27)10-11-23(19)34-17-5-8-24(31)28-29-26(33)21-13-15-30(16-14-21)25(32)12-9-20-6-3-2-4-7-20/h2-4,6-7,9-12,18,21H,5,8,13-17H2,1H3,(H,28,31)(H,29,33)/b12-9+. The van der Waals surface area contributed by atoms with Crippen molar-refractivity contribution in [3.05, 3.63) is 70.8 Å². The number of piperidine rings is 1. The van der Waals surface area contributed by atoms with Crippen LogP contribution in [-0.4, -0.2) is 42.3 Å². The molecule has 0 aromatic heterocycles. The predicted molar refractivity (Wildman–Crippen MR) is 132 cm³/mol. The van der Waals surface area contributed by atoms with Crippen LogP contribution in [0.4, 0.5) is 0 Å². The van der Waals surface area contributed by atoms with Crippen molar-refractivity contribution >= 4 is 35.4 Å². The van der Waals surface area contributed by atoms with Crippen LogP contribution >= 0.6 is 11.6 Å². The van der Waals surface area contributed by atoms with E-state index in [-0.39, 0.29) is 30.1 Å². The Hall–Kier alpha value is -3.32. The molecule has 1 saturated heterocycles. The molecule has 1 aliphatic heterocycles. The number of nitrogens with one attached hydrogen (secondary N) is 2. The van der Waals surface area contributed by atoms with Crippen molar-refractivity contribution in [2.45, 2.75) is 32.6 Å². The third-order valence-electron chi connectivity index (χ3n) is 5.66. The fourth-order valence-electron chi connectivity index (χ4n) is 3.68. The number of aryl methyl sites for hydroxylation is 1. The molecule has 3 rings (SSSR count). The maximum Gasteiger partial charge on any atom is 0.246 e. The van der Waals surface area contributed by atoms with Crippen molar-refractivity contribution < 1.29 is 19.1 Å². The van der Waals surface area contributed by atoms with Gasteiger partial charge < -0.3 is 9.64 Å². The van der Waals surface area contributed by atoms with Gasteiger partial charge in [0.15, 0.2) is 0 Å². The predicted octanol–water partition coefficient (Wildman–Crippen LogP) is 3.91. The first kappa shape index (κ1) is 25.3. The molecule has 2 aromatic rings. The zero-order valence-electron chi connectivity index (χ0n) is 19.3. The molecule has 34 heavy (non-hydrogen) atoms. The molecule has 2 aromatic carbocycles. The molecule has 0 bridgehead atoms. The highest BCUT2D eigenvalue weighted by Gasteiger charge is 2.26. The van der Waals surface area contributed by atoms with Crippen molar-refractivity contribution in [2.75, 3.05) is 19.7 Å². The summed E-state index contributed by atoms with van der Waals surface area (Å²) < 4.78 is 5.67. The molecule has 180 valence electrons. The van der Waals surface area contributed by atoms with E-state index in [2.05, 4.69) is 10.9 Å². The van der Waals surface area contributed by atoms with E-state index in [1.165, 1.54) is 0 Å². The largest absolute Gasteiger partial charge is 0.493 e. The zero-order chi connectivity index (χ0) is 24.3. The van der Waals surface area contributed by atoms with Crippen LogP contribution in [0.1, 0.15) is 36.8 Å². The van der Waals surface area contributed by atoms with Gasteiger partial charge in [0.05, 0.1) is 6.61 Å². The summed E-state index contributed by atoms with van der Waals surface area (Å²) in [5.74, 6) is -0.0686. The van der Waals surface area contributed by atoms with Gasteiger partial charge >= 0.3 is 0 Å². The number of hydrogen-bond donors (Lipinski definition) is 2. The number of amides is 3. The maximum atomic E-state index is 12.4. The minimum atomic E-state index is -0.275. The van der Waals surface area contributed by atoms with Crippen LogP contribution in [0.2, 0.25) is 5.02 Å². The molecule has 1 heterocycles. The second kappa shape index (κ2) is 12.8. The summed E-state index contributed by atoms with van der Waals surface area (Å²) in [6, 6.07) is 15.0. The molecule has 7 nitrogen and oxygen atoms in total. The molecule has 0 spiro atoms. The Balaban J connectivity index is 1.30. The van der Waals surface area contributed by atoms with Crippen LogP contribution in [0.3, 0.4) is 0 Å². The van der Waals surface area contributed by atoms with Gasteiger partial charge in [-0.3, -0.25) is 25.2 Å². The Labute approximate surface area is 205 Å². The molecule has 0 aliphatic carbocycles. The van der Waals surface area contributed by atoms with Crippen LogP contribution in [0.25, 0.3) is 6.08 Å². The number of carbonyl (C=O) groups excluding carboxylic acids is 3. The molecule has 0 unspecified atom stereocenters. The lowest BCUT2D eigenvalue weighted by atomic mass is 9.96. The number of ether oxygens (including phenoxy) is 1. The fraction of sp³-hybridized carbons (Fsp3) is 0.346. The molecule has 1 aliphatic rings. The second-order valence-electron chi connectivity index (χ2n) is 8.24. The van der Waals surface area contributed by atoms with Gasteiger partial charge in [-0.25, -0.2) is 0 Å². The van der Waals surface area contributed by atoms with E-state index >= 15 is 0 Å². The highest BCUT2D eigenvalue weighted by atomic mass is 35.5. The number of nitrogens with zero attached hydrogens (tertiary/aromatic N) is 1. The molecule has 2 N–H and O–H groups in total. The lowest BCUT2D eigenvalue weighted by molar-refractivity contribution is -0.134. The van der Waals surface area contributed by atoms with Crippen molar-refractivity contribution in [3.8, 4) is 5.75 Å². The normalized spacial score (nSPS) is 14.1. The highest BCUT2D eigenvalue weighted by molar-refractivity contribution is 6.30. The van der Waals surface area contributed by atoms with E-state index < -0.39 is 0 Å². The Kier molecular flexibility index (Phi) is 9.52. The molecular formula is C26H30ClN3O4. The monoisotopic (exact) mass is 483 g/mol. The van der Waals surface area contributed by atoms with Crippen LogP contribution in [0.5, 0.6) is 5.75 Å². The van der Waals surface area contributed by atoms with E-state index in [0.29, 0.717) is 44.0 Å². The van der Waals surface area contributed by atoms with Crippen LogP contribution in [0, 0.1) is 12.8 Å². The Morgan fingerprint density at radius 2 is 1.82 bits per heavy atom. The number of likely N-dealkylation sites (tertiary alicyclic amines) is 1. The van der Waals surface area contributed by atoms with Gasteiger partial charge in [0.2, 0.25) is 17.7 Å². The SMILES string of the molecule is Cc1cc(Cl)ccc1OCCCC(=O)NNC(=O)C1CCN(C(=O)/C=C/c2ccccc2)CC1. The molecule has 0 atom stereocenters. The summed E-state index contributed by atoms with van der Waals surface area (Å²) in [5.41, 5.74) is 6.87. The number of hydrazine groups is 1. The Bertz CT molecular complexity index is 1020. The Morgan fingerprint density at radius 3 is 2.53 bits per heavy atom. The van der Waals surface area contributed by atoms with E-state index in [1.807, 2.05) is 43.3 Å². The first-order chi connectivity index (χ1) is 16.4. The zero-order valence-corrected chi connectivity index (χ0v) is 20.0. The van der Waals surface area contributed by atoms with Crippen molar-refractivity contribution in [1.82, 2.24) is 15.8 Å². The average Bonchev–Trinajstić information content (AvgIpc) is 2.85. The van der Waals surface area contributed by atoms with Crippen LogP contribution < -0.4 is 15.6 Å². The maximum absolute atomic E-state index is 12.4. The molecule has 0 radical (unpaired) electrons. The lowest BCUT2D eigenvalue weighted by Crippen LogP contribution is -2.48. The number of rotatable bonds is 8.